The predicted octanol–water partition coefficient (Wildman–Crippen LogP) is 1.89. The van der Waals surface area contributed by atoms with Crippen molar-refractivity contribution in [3.63, 3.8) is 0 Å². The molecule has 112 valence electrons. The summed E-state index contributed by atoms with van der Waals surface area (Å²) in [6.45, 7) is 0.783. The van der Waals surface area contributed by atoms with Gasteiger partial charge in [-0.25, -0.2) is 0 Å². The summed E-state index contributed by atoms with van der Waals surface area (Å²) >= 11 is 0. The standard InChI is InChI=1S/C17H22N2O2/c20-15-13-18-16(21)17(10-5-2-6-11-17)19(15)12-9-14-7-3-1-4-8-14/h1,3-4,7-8H,2,5-6,9-13H2,(H,18,21). The third-order valence-corrected chi connectivity index (χ3v) is 4.79. The third kappa shape index (κ3) is 2.67. The molecule has 3 rings (SSSR count). The first-order valence-corrected chi connectivity index (χ1v) is 7.85. The van der Waals surface area contributed by atoms with Crippen molar-refractivity contribution in [1.29, 1.82) is 0 Å². The maximum absolute atomic E-state index is 12.4. The number of carbonyl (C=O) groups is 2. The third-order valence-electron chi connectivity index (χ3n) is 4.79. The van der Waals surface area contributed by atoms with Crippen molar-refractivity contribution in [3.05, 3.63) is 35.9 Å². The molecule has 4 heteroatoms. The fourth-order valence-electron chi connectivity index (χ4n) is 3.64. The topological polar surface area (TPSA) is 49.4 Å². The van der Waals surface area contributed by atoms with Gasteiger partial charge in [0.15, 0.2) is 0 Å². The average molecular weight is 286 g/mol. The van der Waals surface area contributed by atoms with Crippen LogP contribution in [-0.4, -0.2) is 35.3 Å². The molecule has 1 saturated heterocycles. The molecule has 0 unspecified atom stereocenters. The summed E-state index contributed by atoms with van der Waals surface area (Å²) in [5.74, 6) is 0.113. The van der Waals surface area contributed by atoms with E-state index in [1.54, 1.807) is 0 Å². The lowest BCUT2D eigenvalue weighted by atomic mass is 9.78. The van der Waals surface area contributed by atoms with E-state index in [9.17, 15) is 9.59 Å². The van der Waals surface area contributed by atoms with Crippen LogP contribution in [0.2, 0.25) is 0 Å². The van der Waals surface area contributed by atoms with Crippen molar-refractivity contribution >= 4 is 11.8 Å². The minimum Gasteiger partial charge on any atom is -0.345 e. The molecule has 0 aromatic heterocycles. The lowest BCUT2D eigenvalue weighted by Crippen LogP contribution is -2.68. The molecule has 0 atom stereocenters. The van der Waals surface area contributed by atoms with Crippen LogP contribution in [0.1, 0.15) is 37.7 Å². The zero-order valence-electron chi connectivity index (χ0n) is 12.3. The molecule has 1 aromatic carbocycles. The van der Waals surface area contributed by atoms with Gasteiger partial charge in [-0.2, -0.15) is 0 Å². The Bertz CT molecular complexity index is 521. The molecule has 21 heavy (non-hydrogen) atoms. The molecule has 2 fully saturated rings. The van der Waals surface area contributed by atoms with Gasteiger partial charge < -0.3 is 10.2 Å². The minimum atomic E-state index is -0.581. The highest BCUT2D eigenvalue weighted by Gasteiger charge is 2.49. The first-order valence-electron chi connectivity index (χ1n) is 7.85. The molecular weight excluding hydrogens is 264 g/mol. The van der Waals surface area contributed by atoms with Gasteiger partial charge in [-0.3, -0.25) is 9.59 Å². The highest BCUT2D eigenvalue weighted by Crippen LogP contribution is 2.35. The highest BCUT2D eigenvalue weighted by atomic mass is 16.2. The van der Waals surface area contributed by atoms with Crippen LogP contribution in [0.5, 0.6) is 0 Å². The second-order valence-electron chi connectivity index (χ2n) is 6.06. The van der Waals surface area contributed by atoms with Crippen molar-refractivity contribution in [1.82, 2.24) is 10.2 Å². The highest BCUT2D eigenvalue weighted by molar-refractivity contribution is 5.98. The zero-order chi connectivity index (χ0) is 14.7. The second kappa shape index (κ2) is 5.88. The number of carbonyl (C=O) groups excluding carboxylic acids is 2. The molecule has 0 bridgehead atoms. The van der Waals surface area contributed by atoms with E-state index < -0.39 is 5.54 Å². The number of hydrogen-bond acceptors (Lipinski definition) is 2. The van der Waals surface area contributed by atoms with Crippen LogP contribution >= 0.6 is 0 Å². The number of rotatable bonds is 3. The maximum atomic E-state index is 12.4. The van der Waals surface area contributed by atoms with E-state index in [1.165, 1.54) is 5.56 Å². The number of nitrogens with one attached hydrogen (secondary N) is 1. The fraction of sp³-hybridized carbons (Fsp3) is 0.529. The Morgan fingerprint density at radius 2 is 1.76 bits per heavy atom. The Morgan fingerprint density at radius 1 is 1.05 bits per heavy atom. The summed E-state index contributed by atoms with van der Waals surface area (Å²) < 4.78 is 0. The molecule has 2 aliphatic rings. The van der Waals surface area contributed by atoms with E-state index in [2.05, 4.69) is 17.4 Å². The van der Waals surface area contributed by atoms with Gasteiger partial charge in [0, 0.05) is 6.54 Å². The molecular formula is C17H22N2O2. The normalized spacial score (nSPS) is 21.4. The van der Waals surface area contributed by atoms with Crippen LogP contribution in [0.4, 0.5) is 0 Å². The molecule has 4 nitrogen and oxygen atoms in total. The molecule has 1 aliphatic carbocycles. The molecule has 1 aliphatic heterocycles. The number of hydrogen-bond donors (Lipinski definition) is 1. The summed E-state index contributed by atoms with van der Waals surface area (Å²) in [6, 6.07) is 10.2. The molecule has 0 radical (unpaired) electrons. The lowest BCUT2D eigenvalue weighted by molar-refractivity contribution is -0.156. The maximum Gasteiger partial charge on any atom is 0.246 e. The van der Waals surface area contributed by atoms with Gasteiger partial charge in [0.1, 0.15) is 5.54 Å². The molecule has 1 spiro atoms. The molecule has 2 amide bonds. The van der Waals surface area contributed by atoms with Gasteiger partial charge >= 0.3 is 0 Å². The predicted molar refractivity (Wildman–Crippen MR) is 80.7 cm³/mol. The van der Waals surface area contributed by atoms with E-state index in [0.717, 1.165) is 38.5 Å². The number of nitrogens with zero attached hydrogens (tertiary/aromatic N) is 1. The summed E-state index contributed by atoms with van der Waals surface area (Å²) in [5, 5.41) is 2.79. The van der Waals surface area contributed by atoms with E-state index in [0.29, 0.717) is 6.54 Å². The van der Waals surface area contributed by atoms with E-state index in [-0.39, 0.29) is 18.4 Å². The van der Waals surface area contributed by atoms with Gasteiger partial charge in [-0.05, 0) is 24.8 Å². The summed E-state index contributed by atoms with van der Waals surface area (Å²) in [6.07, 6.45) is 5.64. The number of benzene rings is 1. The monoisotopic (exact) mass is 286 g/mol. The van der Waals surface area contributed by atoms with Gasteiger partial charge in [0.2, 0.25) is 11.8 Å². The Kier molecular flexibility index (Phi) is 3.95. The van der Waals surface area contributed by atoms with Crippen LogP contribution < -0.4 is 5.32 Å². The molecule has 1 saturated carbocycles. The molecule has 1 N–H and O–H groups in total. The van der Waals surface area contributed by atoms with Crippen LogP contribution in [0.15, 0.2) is 30.3 Å². The summed E-state index contributed by atoms with van der Waals surface area (Å²) in [5.41, 5.74) is 0.629. The first kappa shape index (κ1) is 14.1. The minimum absolute atomic E-state index is 0.0508. The van der Waals surface area contributed by atoms with Crippen LogP contribution in [0, 0.1) is 0 Å². The van der Waals surface area contributed by atoms with Gasteiger partial charge in [0.25, 0.3) is 0 Å². The smallest absolute Gasteiger partial charge is 0.246 e. The lowest BCUT2D eigenvalue weighted by Gasteiger charge is -2.48. The molecule has 1 heterocycles. The van der Waals surface area contributed by atoms with Crippen molar-refractivity contribution < 1.29 is 9.59 Å². The van der Waals surface area contributed by atoms with Crippen molar-refractivity contribution in [2.24, 2.45) is 0 Å². The largest absolute Gasteiger partial charge is 0.345 e. The Labute approximate surface area is 125 Å². The quantitative estimate of drug-likeness (QED) is 0.922. The zero-order valence-corrected chi connectivity index (χ0v) is 12.3. The van der Waals surface area contributed by atoms with Gasteiger partial charge in [-0.15, -0.1) is 0 Å². The van der Waals surface area contributed by atoms with Gasteiger partial charge in [0.05, 0.1) is 6.54 Å². The van der Waals surface area contributed by atoms with Crippen molar-refractivity contribution in [2.45, 2.75) is 44.1 Å². The van der Waals surface area contributed by atoms with Gasteiger partial charge in [-0.1, -0.05) is 49.6 Å². The Hall–Kier alpha value is -1.84. The summed E-state index contributed by atoms with van der Waals surface area (Å²) in [4.78, 5) is 26.6. The average Bonchev–Trinajstić information content (AvgIpc) is 2.53. The van der Waals surface area contributed by atoms with Crippen LogP contribution in [0.25, 0.3) is 0 Å². The van der Waals surface area contributed by atoms with E-state index in [4.69, 9.17) is 0 Å². The van der Waals surface area contributed by atoms with E-state index >= 15 is 0 Å². The van der Waals surface area contributed by atoms with Crippen molar-refractivity contribution in [3.8, 4) is 0 Å². The number of amides is 2. The second-order valence-corrected chi connectivity index (χ2v) is 6.06. The van der Waals surface area contributed by atoms with E-state index in [1.807, 2.05) is 23.1 Å². The summed E-state index contributed by atoms with van der Waals surface area (Å²) in [7, 11) is 0. The SMILES string of the molecule is O=C1CNC(=O)C2(CCCCC2)N1CCc1ccccc1. The first-order chi connectivity index (χ1) is 10.2. The number of piperazine rings is 1. The Balaban J connectivity index is 1.78. The fourth-order valence-corrected chi connectivity index (χ4v) is 3.64. The molecule has 1 aromatic rings. The van der Waals surface area contributed by atoms with Crippen molar-refractivity contribution in [2.75, 3.05) is 13.1 Å². The van der Waals surface area contributed by atoms with Crippen LogP contribution in [0.3, 0.4) is 0 Å². The van der Waals surface area contributed by atoms with Crippen LogP contribution in [-0.2, 0) is 16.0 Å². The Morgan fingerprint density at radius 3 is 2.48 bits per heavy atom.